The minimum absolute atomic E-state index is 0.100. The van der Waals surface area contributed by atoms with Crippen LogP contribution in [0.15, 0.2) is 36.8 Å². The van der Waals surface area contributed by atoms with E-state index in [1.54, 1.807) is 18.6 Å². The molecule has 1 heterocycles. The second-order valence-corrected chi connectivity index (χ2v) is 5.87. The molecule has 0 saturated heterocycles. The predicted octanol–water partition coefficient (Wildman–Crippen LogP) is 1.60. The molecule has 0 spiro atoms. The average molecular weight is 296 g/mol. The van der Waals surface area contributed by atoms with Gasteiger partial charge >= 0.3 is 0 Å². The van der Waals surface area contributed by atoms with Crippen molar-refractivity contribution < 1.29 is 12.8 Å². The third-order valence-electron chi connectivity index (χ3n) is 2.35. The largest absolute Gasteiger partial charge is 0.379 e. The molecule has 0 fully saturated rings. The third-order valence-corrected chi connectivity index (χ3v) is 2.94. The van der Waals surface area contributed by atoms with E-state index < -0.39 is 15.8 Å². The van der Waals surface area contributed by atoms with Gasteiger partial charge in [-0.3, -0.25) is 14.7 Å². The lowest BCUT2D eigenvalue weighted by Crippen LogP contribution is -2.11. The van der Waals surface area contributed by atoms with Crippen LogP contribution in [0.3, 0.4) is 0 Å². The Morgan fingerprint density at radius 2 is 2.10 bits per heavy atom. The molecule has 0 radical (unpaired) electrons. The van der Waals surface area contributed by atoms with E-state index in [1.165, 1.54) is 18.2 Å². The van der Waals surface area contributed by atoms with E-state index in [-0.39, 0.29) is 5.69 Å². The van der Waals surface area contributed by atoms with E-state index in [0.29, 0.717) is 12.2 Å². The van der Waals surface area contributed by atoms with Crippen LogP contribution >= 0.6 is 0 Å². The highest BCUT2D eigenvalue weighted by Gasteiger charge is 2.08. The van der Waals surface area contributed by atoms with Crippen molar-refractivity contribution in [1.82, 2.24) is 9.97 Å². The summed E-state index contributed by atoms with van der Waals surface area (Å²) in [6.07, 6.45) is 5.70. The number of aromatic nitrogens is 2. The second-order valence-electron chi connectivity index (χ2n) is 4.12. The molecule has 0 aliphatic heterocycles. The molecule has 1 aromatic heterocycles. The molecule has 8 heteroatoms. The van der Waals surface area contributed by atoms with Crippen molar-refractivity contribution in [2.24, 2.45) is 0 Å². The number of anilines is 2. The van der Waals surface area contributed by atoms with Gasteiger partial charge < -0.3 is 5.32 Å². The number of nitrogens with one attached hydrogen (secondary N) is 2. The molecule has 2 rings (SSSR count). The summed E-state index contributed by atoms with van der Waals surface area (Å²) < 4.78 is 37.9. The van der Waals surface area contributed by atoms with Gasteiger partial charge in [0, 0.05) is 18.1 Å². The molecule has 106 valence electrons. The number of nitrogens with zero attached hydrogens (tertiary/aromatic N) is 2. The van der Waals surface area contributed by atoms with Gasteiger partial charge in [0.15, 0.2) is 0 Å². The first-order chi connectivity index (χ1) is 9.44. The fraction of sp³-hybridized carbons (Fsp3) is 0.167. The minimum Gasteiger partial charge on any atom is -0.379 e. The summed E-state index contributed by atoms with van der Waals surface area (Å²) in [5, 5.41) is 3.01. The zero-order chi connectivity index (χ0) is 14.6. The Bertz CT molecular complexity index is 692. The van der Waals surface area contributed by atoms with Crippen molar-refractivity contribution in [2.45, 2.75) is 6.54 Å². The molecule has 20 heavy (non-hydrogen) atoms. The highest BCUT2D eigenvalue weighted by Crippen LogP contribution is 2.20. The summed E-state index contributed by atoms with van der Waals surface area (Å²) in [5.74, 6) is -0.638. The van der Waals surface area contributed by atoms with Crippen LogP contribution in [0.25, 0.3) is 0 Å². The van der Waals surface area contributed by atoms with Gasteiger partial charge in [0.25, 0.3) is 0 Å². The lowest BCUT2D eigenvalue weighted by Gasteiger charge is -2.09. The van der Waals surface area contributed by atoms with E-state index in [9.17, 15) is 12.8 Å². The van der Waals surface area contributed by atoms with Crippen molar-refractivity contribution in [3.05, 3.63) is 48.3 Å². The maximum Gasteiger partial charge on any atom is 0.229 e. The van der Waals surface area contributed by atoms with E-state index in [4.69, 9.17) is 0 Å². The molecule has 0 bridgehead atoms. The molecule has 0 amide bonds. The van der Waals surface area contributed by atoms with E-state index in [0.717, 1.165) is 11.9 Å². The monoisotopic (exact) mass is 296 g/mol. The topological polar surface area (TPSA) is 84.0 Å². The van der Waals surface area contributed by atoms with Gasteiger partial charge in [-0.15, -0.1) is 0 Å². The van der Waals surface area contributed by atoms with Gasteiger partial charge in [-0.05, 0) is 18.2 Å². The highest BCUT2D eigenvalue weighted by molar-refractivity contribution is 7.92. The molecule has 0 aliphatic carbocycles. The number of rotatable bonds is 5. The molecular formula is C12H13FN4O2S. The Morgan fingerprint density at radius 3 is 2.75 bits per heavy atom. The summed E-state index contributed by atoms with van der Waals surface area (Å²) in [7, 11) is -3.52. The molecule has 0 saturated carbocycles. The first kappa shape index (κ1) is 14.2. The predicted molar refractivity (Wildman–Crippen MR) is 74.2 cm³/mol. The molecule has 2 N–H and O–H groups in total. The van der Waals surface area contributed by atoms with Crippen LogP contribution in [-0.2, 0) is 16.6 Å². The van der Waals surface area contributed by atoms with Gasteiger partial charge in [-0.2, -0.15) is 0 Å². The summed E-state index contributed by atoms with van der Waals surface area (Å²) in [6, 6.07) is 4.08. The number of hydrogen-bond acceptors (Lipinski definition) is 5. The second kappa shape index (κ2) is 5.83. The van der Waals surface area contributed by atoms with E-state index in [2.05, 4.69) is 20.0 Å². The number of halogens is 1. The fourth-order valence-electron chi connectivity index (χ4n) is 1.53. The number of sulfonamides is 1. The Kier molecular flexibility index (Phi) is 4.14. The maximum atomic E-state index is 13.5. The van der Waals surface area contributed by atoms with Gasteiger partial charge in [0.1, 0.15) is 5.82 Å². The molecule has 2 aromatic rings. The fourth-order valence-corrected chi connectivity index (χ4v) is 2.08. The Morgan fingerprint density at radius 1 is 1.30 bits per heavy atom. The summed E-state index contributed by atoms with van der Waals surface area (Å²) >= 11 is 0. The molecule has 0 unspecified atom stereocenters. The molecule has 1 aromatic carbocycles. The smallest absolute Gasteiger partial charge is 0.229 e. The Labute approximate surface area is 116 Å². The minimum atomic E-state index is -3.52. The molecule has 6 nitrogen and oxygen atoms in total. The van der Waals surface area contributed by atoms with Crippen molar-refractivity contribution in [2.75, 3.05) is 16.3 Å². The molecule has 0 aliphatic rings. The van der Waals surface area contributed by atoms with Crippen LogP contribution in [0, 0.1) is 5.82 Å². The Balaban J connectivity index is 2.11. The summed E-state index contributed by atoms with van der Waals surface area (Å²) in [5.41, 5.74) is 1.19. The van der Waals surface area contributed by atoms with Gasteiger partial charge in [-0.1, -0.05) is 0 Å². The summed E-state index contributed by atoms with van der Waals surface area (Å²) in [6.45, 7) is 0.401. The first-order valence-corrected chi connectivity index (χ1v) is 7.59. The summed E-state index contributed by atoms with van der Waals surface area (Å²) in [4.78, 5) is 8.01. The zero-order valence-electron chi connectivity index (χ0n) is 10.7. The lowest BCUT2D eigenvalue weighted by atomic mass is 10.2. The normalized spacial score (nSPS) is 11.1. The van der Waals surface area contributed by atoms with Crippen molar-refractivity contribution >= 4 is 21.4 Å². The quantitative estimate of drug-likeness (QED) is 0.875. The molecule has 0 atom stereocenters. The molecular weight excluding hydrogens is 283 g/mol. The first-order valence-electron chi connectivity index (χ1n) is 5.70. The van der Waals surface area contributed by atoms with Crippen molar-refractivity contribution in [1.29, 1.82) is 0 Å². The van der Waals surface area contributed by atoms with Gasteiger partial charge in [-0.25, -0.2) is 12.8 Å². The van der Waals surface area contributed by atoms with Crippen molar-refractivity contribution in [3.8, 4) is 0 Å². The lowest BCUT2D eigenvalue weighted by molar-refractivity contribution is 0.604. The van der Waals surface area contributed by atoms with Crippen LogP contribution in [0.5, 0.6) is 0 Å². The van der Waals surface area contributed by atoms with Crippen LogP contribution in [0.1, 0.15) is 5.69 Å². The average Bonchev–Trinajstić information content (AvgIpc) is 2.39. The van der Waals surface area contributed by atoms with Gasteiger partial charge in [0.05, 0.1) is 30.4 Å². The SMILES string of the molecule is CS(=O)(=O)Nc1cc(NCc2cnccn2)ccc1F. The number of hydrogen-bond donors (Lipinski definition) is 2. The Hall–Kier alpha value is -2.22. The highest BCUT2D eigenvalue weighted by atomic mass is 32.2. The maximum absolute atomic E-state index is 13.5. The van der Waals surface area contributed by atoms with Crippen LogP contribution in [-0.4, -0.2) is 24.6 Å². The van der Waals surface area contributed by atoms with Crippen molar-refractivity contribution in [3.63, 3.8) is 0 Å². The standard InChI is InChI=1S/C12H13FN4O2S/c1-20(18,19)17-12-6-9(2-3-11(12)13)16-8-10-7-14-4-5-15-10/h2-7,16-17H,8H2,1H3. The van der Waals surface area contributed by atoms with Gasteiger partial charge in [0.2, 0.25) is 10.0 Å². The van der Waals surface area contributed by atoms with E-state index >= 15 is 0 Å². The van der Waals surface area contributed by atoms with Crippen LogP contribution in [0.2, 0.25) is 0 Å². The van der Waals surface area contributed by atoms with Crippen LogP contribution in [0.4, 0.5) is 15.8 Å². The third kappa shape index (κ3) is 4.16. The van der Waals surface area contributed by atoms with Crippen LogP contribution < -0.4 is 10.0 Å². The zero-order valence-corrected chi connectivity index (χ0v) is 11.5. The number of benzene rings is 1. The van der Waals surface area contributed by atoms with E-state index in [1.807, 2.05) is 0 Å².